The molecule has 2 amide bonds. The van der Waals surface area contributed by atoms with Gasteiger partial charge in [-0.1, -0.05) is 12.8 Å². The molecule has 0 saturated carbocycles. The first kappa shape index (κ1) is 38.0. The molecule has 0 aliphatic carbocycles. The van der Waals surface area contributed by atoms with Crippen LogP contribution in [0.3, 0.4) is 0 Å². The van der Waals surface area contributed by atoms with E-state index in [4.69, 9.17) is 44.3 Å². The molecule has 12 nitrogen and oxygen atoms in total. The van der Waals surface area contributed by atoms with Crippen molar-refractivity contribution >= 4 is 12.0 Å². The van der Waals surface area contributed by atoms with Gasteiger partial charge in [0.1, 0.15) is 12.2 Å². The second-order valence-electron chi connectivity index (χ2n) is 9.49. The second kappa shape index (κ2) is 27.2. The lowest BCUT2D eigenvalue weighted by Gasteiger charge is -2.23. The molecule has 0 aliphatic rings. The number of hydrogen-bond donors (Lipinski definition) is 1. The Balaban J connectivity index is 3.91. The zero-order valence-corrected chi connectivity index (χ0v) is 25.0. The average molecular weight is 577 g/mol. The molecule has 0 spiro atoms. The van der Waals surface area contributed by atoms with Gasteiger partial charge >= 0.3 is 6.09 Å². The highest BCUT2D eigenvalue weighted by molar-refractivity contribution is 5.76. The fraction of sp³-hybridized carbons (Fsp3) is 0.857. The van der Waals surface area contributed by atoms with Crippen LogP contribution in [0.4, 0.5) is 4.79 Å². The first-order valence-corrected chi connectivity index (χ1v) is 14.0. The lowest BCUT2D eigenvalue weighted by molar-refractivity contribution is -0.134. The Labute approximate surface area is 240 Å². The molecule has 12 heteroatoms. The number of nitrogens with zero attached hydrogens (tertiary/aromatic N) is 1. The molecule has 0 heterocycles. The van der Waals surface area contributed by atoms with E-state index >= 15 is 0 Å². The third-order valence-electron chi connectivity index (χ3n) is 4.76. The number of amides is 2. The van der Waals surface area contributed by atoms with Crippen LogP contribution in [0.1, 0.15) is 40.5 Å². The lowest BCUT2D eigenvalue weighted by atomic mass is 10.2. The Kier molecular flexibility index (Phi) is 25.9. The van der Waals surface area contributed by atoms with Crippen molar-refractivity contribution < 1.29 is 47.5 Å². The number of hydrogen-bond acceptors (Lipinski definition) is 10. The number of ether oxygens (including phenoxy) is 8. The highest BCUT2D eigenvalue weighted by atomic mass is 16.6. The molecule has 0 aromatic rings. The molecule has 0 fully saturated rings. The fourth-order valence-electron chi connectivity index (χ4n) is 2.93. The van der Waals surface area contributed by atoms with Crippen molar-refractivity contribution in [2.75, 3.05) is 112 Å². The van der Waals surface area contributed by atoms with E-state index < -0.39 is 11.7 Å². The monoisotopic (exact) mass is 576 g/mol. The normalized spacial score (nSPS) is 11.3. The summed E-state index contributed by atoms with van der Waals surface area (Å²) in [6.07, 6.45) is 5.81. The van der Waals surface area contributed by atoms with Gasteiger partial charge < -0.3 is 48.1 Å². The summed E-state index contributed by atoms with van der Waals surface area (Å²) in [5.74, 6) is 2.37. The molecule has 234 valence electrons. The van der Waals surface area contributed by atoms with Crippen molar-refractivity contribution in [1.29, 1.82) is 0 Å². The number of carbonyl (C=O) groups excluding carboxylic acids is 2. The number of terminal acetylenes is 1. The summed E-state index contributed by atoms with van der Waals surface area (Å²) in [6, 6.07) is 0. The topological polar surface area (TPSA) is 123 Å². The van der Waals surface area contributed by atoms with E-state index in [-0.39, 0.29) is 18.9 Å². The van der Waals surface area contributed by atoms with Crippen molar-refractivity contribution in [2.45, 2.75) is 46.1 Å². The van der Waals surface area contributed by atoms with Gasteiger partial charge in [0.15, 0.2) is 0 Å². The van der Waals surface area contributed by atoms with E-state index in [1.54, 1.807) is 25.7 Å². The predicted octanol–water partition coefficient (Wildman–Crippen LogP) is 1.89. The third kappa shape index (κ3) is 27.6. The summed E-state index contributed by atoms with van der Waals surface area (Å²) in [5.41, 5.74) is -0.534. The summed E-state index contributed by atoms with van der Waals surface area (Å²) in [6.45, 7) is 14.6. The lowest BCUT2D eigenvalue weighted by Crippen LogP contribution is -2.37. The van der Waals surface area contributed by atoms with Crippen LogP contribution in [0.15, 0.2) is 0 Å². The fourth-order valence-corrected chi connectivity index (χ4v) is 2.93. The Morgan fingerprint density at radius 1 is 0.700 bits per heavy atom. The van der Waals surface area contributed by atoms with E-state index in [2.05, 4.69) is 11.2 Å². The number of nitrogens with one attached hydrogen (secondary N) is 1. The van der Waals surface area contributed by atoms with Crippen molar-refractivity contribution in [2.24, 2.45) is 0 Å². The van der Waals surface area contributed by atoms with Crippen molar-refractivity contribution in [3.05, 3.63) is 0 Å². The zero-order chi connectivity index (χ0) is 29.7. The standard InChI is InChI=1S/C28H52N2O10/c1-6-12-33-16-10-30(11-17-37-21-20-36-15-9-29-27(32)40-28(3,4)5)26(31)8-14-35-19-23-39-25-24-38-22-18-34-13-7-2/h2H,6,8-25H2,1,3-5H3,(H,29,32). The van der Waals surface area contributed by atoms with Crippen molar-refractivity contribution in [1.82, 2.24) is 10.2 Å². The second-order valence-corrected chi connectivity index (χ2v) is 9.49. The van der Waals surface area contributed by atoms with Gasteiger partial charge in [-0.25, -0.2) is 4.79 Å². The molecule has 1 N–H and O–H groups in total. The summed E-state index contributed by atoms with van der Waals surface area (Å²) in [4.78, 5) is 26.0. The summed E-state index contributed by atoms with van der Waals surface area (Å²) < 4.78 is 43.2. The molecule has 0 unspecified atom stereocenters. The maximum absolute atomic E-state index is 12.7. The van der Waals surface area contributed by atoms with E-state index in [1.807, 2.05) is 6.92 Å². The van der Waals surface area contributed by atoms with Crippen LogP contribution in [-0.4, -0.2) is 135 Å². The van der Waals surface area contributed by atoms with Crippen LogP contribution in [-0.2, 0) is 42.7 Å². The molecule has 0 aromatic heterocycles. The third-order valence-corrected chi connectivity index (χ3v) is 4.76. The molecule has 0 atom stereocenters. The van der Waals surface area contributed by atoms with E-state index in [0.29, 0.717) is 106 Å². The van der Waals surface area contributed by atoms with Gasteiger partial charge in [0, 0.05) is 26.2 Å². The Morgan fingerprint density at radius 3 is 1.70 bits per heavy atom. The minimum absolute atomic E-state index is 0.0189. The smallest absolute Gasteiger partial charge is 0.407 e. The van der Waals surface area contributed by atoms with E-state index in [9.17, 15) is 9.59 Å². The average Bonchev–Trinajstić information content (AvgIpc) is 2.90. The molecular weight excluding hydrogens is 524 g/mol. The molecular formula is C28H52N2O10. The maximum Gasteiger partial charge on any atom is 0.407 e. The molecule has 0 radical (unpaired) electrons. The molecule has 0 aromatic carbocycles. The van der Waals surface area contributed by atoms with Gasteiger partial charge in [-0.2, -0.15) is 0 Å². The van der Waals surface area contributed by atoms with Crippen LogP contribution in [0.5, 0.6) is 0 Å². The Morgan fingerprint density at radius 2 is 1.18 bits per heavy atom. The van der Waals surface area contributed by atoms with Gasteiger partial charge in [0.05, 0.1) is 85.7 Å². The first-order chi connectivity index (χ1) is 19.3. The van der Waals surface area contributed by atoms with Gasteiger partial charge in [0.25, 0.3) is 0 Å². The molecule has 40 heavy (non-hydrogen) atoms. The molecule has 0 rings (SSSR count). The Bertz CT molecular complexity index is 652. The van der Waals surface area contributed by atoms with E-state index in [0.717, 1.165) is 6.42 Å². The summed E-state index contributed by atoms with van der Waals surface area (Å²) in [5, 5.41) is 2.63. The predicted molar refractivity (Wildman–Crippen MR) is 150 cm³/mol. The minimum atomic E-state index is -0.534. The SMILES string of the molecule is C#CCOCCOCCOCCOCCC(=O)N(CCOCCC)CCOCCOCCNC(=O)OC(C)(C)C. The molecule has 0 saturated heterocycles. The Hall–Kier alpha value is -1.98. The van der Waals surface area contributed by atoms with Gasteiger partial charge in [-0.15, -0.1) is 6.42 Å². The molecule has 0 bridgehead atoms. The van der Waals surface area contributed by atoms with Crippen LogP contribution >= 0.6 is 0 Å². The maximum atomic E-state index is 12.7. The molecule has 0 aliphatic heterocycles. The van der Waals surface area contributed by atoms with E-state index in [1.165, 1.54) is 0 Å². The summed E-state index contributed by atoms with van der Waals surface area (Å²) >= 11 is 0. The number of rotatable bonds is 27. The van der Waals surface area contributed by atoms with Crippen molar-refractivity contribution in [3.63, 3.8) is 0 Å². The highest BCUT2D eigenvalue weighted by Crippen LogP contribution is 2.06. The van der Waals surface area contributed by atoms with Crippen molar-refractivity contribution in [3.8, 4) is 12.3 Å². The largest absolute Gasteiger partial charge is 0.444 e. The van der Waals surface area contributed by atoms with Crippen LogP contribution in [0.2, 0.25) is 0 Å². The minimum Gasteiger partial charge on any atom is -0.444 e. The number of carbonyl (C=O) groups is 2. The quantitative estimate of drug-likeness (QED) is 0.115. The van der Waals surface area contributed by atoms with Gasteiger partial charge in [0.2, 0.25) is 5.91 Å². The highest BCUT2D eigenvalue weighted by Gasteiger charge is 2.15. The van der Waals surface area contributed by atoms with Gasteiger partial charge in [-0.05, 0) is 27.2 Å². The van der Waals surface area contributed by atoms with Crippen LogP contribution < -0.4 is 5.32 Å². The van der Waals surface area contributed by atoms with Crippen LogP contribution in [0.25, 0.3) is 0 Å². The first-order valence-electron chi connectivity index (χ1n) is 14.0. The number of alkyl carbamates (subject to hydrolysis) is 1. The van der Waals surface area contributed by atoms with Crippen LogP contribution in [0, 0.1) is 12.3 Å². The zero-order valence-electron chi connectivity index (χ0n) is 25.0. The summed E-state index contributed by atoms with van der Waals surface area (Å²) in [7, 11) is 0. The van der Waals surface area contributed by atoms with Gasteiger partial charge in [-0.3, -0.25) is 4.79 Å².